The molecule has 0 spiro atoms. The van der Waals surface area contributed by atoms with Crippen molar-refractivity contribution in [3.63, 3.8) is 0 Å². The molecule has 0 aliphatic carbocycles. The Labute approximate surface area is 127 Å². The molecule has 1 N–H and O–H groups in total. The molecule has 118 valence electrons. The molecule has 1 aromatic rings. The van der Waals surface area contributed by atoms with Crippen molar-refractivity contribution in [2.45, 2.75) is 33.1 Å². The van der Waals surface area contributed by atoms with Crippen LogP contribution in [0, 0.1) is 11.7 Å². The van der Waals surface area contributed by atoms with Gasteiger partial charge in [-0.15, -0.1) is 0 Å². The molecule has 4 heteroatoms. The summed E-state index contributed by atoms with van der Waals surface area (Å²) in [6, 6.07) is 4.85. The number of anilines is 1. The monoisotopic (exact) mass is 294 g/mol. The van der Waals surface area contributed by atoms with Crippen LogP contribution in [0.3, 0.4) is 0 Å². The molecule has 0 radical (unpaired) electrons. The Morgan fingerprint density at radius 2 is 2.19 bits per heavy atom. The van der Waals surface area contributed by atoms with E-state index in [2.05, 4.69) is 24.1 Å². The fourth-order valence-corrected chi connectivity index (χ4v) is 2.75. The molecule has 1 fully saturated rings. The number of rotatable bonds is 6. The summed E-state index contributed by atoms with van der Waals surface area (Å²) in [7, 11) is 0. The third-order valence-electron chi connectivity index (χ3n) is 3.91. The molecule has 0 aromatic heterocycles. The second kappa shape index (κ2) is 8.23. The Morgan fingerprint density at radius 1 is 1.33 bits per heavy atom. The first-order valence-electron chi connectivity index (χ1n) is 8.08. The quantitative estimate of drug-likeness (QED) is 0.870. The molecule has 1 atom stereocenters. The highest BCUT2D eigenvalue weighted by Gasteiger charge is 2.16. The summed E-state index contributed by atoms with van der Waals surface area (Å²) in [6.45, 7) is 8.87. The second-order valence-electron chi connectivity index (χ2n) is 5.91. The van der Waals surface area contributed by atoms with Gasteiger partial charge in [-0.2, -0.15) is 0 Å². The normalized spacial score (nSPS) is 17.4. The molecule has 3 nitrogen and oxygen atoms in total. The smallest absolute Gasteiger partial charge is 0.142 e. The highest BCUT2D eigenvalue weighted by Crippen LogP contribution is 2.30. The van der Waals surface area contributed by atoms with E-state index in [1.807, 2.05) is 0 Å². The molecular formula is C17H27FN2O. The fourth-order valence-electron chi connectivity index (χ4n) is 2.75. The molecular weight excluding hydrogens is 267 g/mol. The van der Waals surface area contributed by atoms with Gasteiger partial charge in [-0.3, -0.25) is 0 Å². The summed E-state index contributed by atoms with van der Waals surface area (Å²) in [5.74, 6) is 1.14. The van der Waals surface area contributed by atoms with Gasteiger partial charge in [0.25, 0.3) is 0 Å². The van der Waals surface area contributed by atoms with Crippen molar-refractivity contribution in [3.8, 4) is 5.75 Å². The van der Waals surface area contributed by atoms with Gasteiger partial charge in [0, 0.05) is 25.7 Å². The second-order valence-corrected chi connectivity index (χ2v) is 5.91. The first-order chi connectivity index (χ1) is 10.2. The Balaban J connectivity index is 2.08. The van der Waals surface area contributed by atoms with Crippen LogP contribution in [0.5, 0.6) is 5.75 Å². The minimum atomic E-state index is -0.198. The van der Waals surface area contributed by atoms with Gasteiger partial charge in [0.05, 0.1) is 12.3 Å². The minimum Gasteiger partial charge on any atom is -0.491 e. The third kappa shape index (κ3) is 4.88. The molecule has 1 saturated heterocycles. The SMILES string of the molecule is CCCC(C)COc1ccc(F)cc1N1CCCNCC1. The summed E-state index contributed by atoms with van der Waals surface area (Å²) in [5, 5.41) is 3.37. The summed E-state index contributed by atoms with van der Waals surface area (Å²) >= 11 is 0. The van der Waals surface area contributed by atoms with Crippen molar-refractivity contribution in [2.24, 2.45) is 5.92 Å². The van der Waals surface area contributed by atoms with Crippen molar-refractivity contribution in [2.75, 3.05) is 37.7 Å². The van der Waals surface area contributed by atoms with E-state index in [-0.39, 0.29) is 5.82 Å². The lowest BCUT2D eigenvalue weighted by Crippen LogP contribution is -2.28. The van der Waals surface area contributed by atoms with Crippen LogP contribution in [0.4, 0.5) is 10.1 Å². The lowest BCUT2D eigenvalue weighted by Gasteiger charge is -2.25. The van der Waals surface area contributed by atoms with E-state index in [0.717, 1.165) is 50.5 Å². The van der Waals surface area contributed by atoms with E-state index in [1.165, 1.54) is 12.5 Å². The average Bonchev–Trinajstić information content (AvgIpc) is 2.75. The summed E-state index contributed by atoms with van der Waals surface area (Å²) < 4.78 is 19.6. The van der Waals surface area contributed by atoms with E-state index in [1.54, 1.807) is 12.1 Å². The van der Waals surface area contributed by atoms with Gasteiger partial charge in [-0.05, 0) is 37.4 Å². The fraction of sp³-hybridized carbons (Fsp3) is 0.647. The summed E-state index contributed by atoms with van der Waals surface area (Å²) in [5.41, 5.74) is 0.891. The summed E-state index contributed by atoms with van der Waals surface area (Å²) in [4.78, 5) is 2.23. The van der Waals surface area contributed by atoms with Crippen LogP contribution in [0.2, 0.25) is 0 Å². The molecule has 1 aliphatic rings. The van der Waals surface area contributed by atoms with Gasteiger partial charge >= 0.3 is 0 Å². The van der Waals surface area contributed by atoms with Gasteiger partial charge < -0.3 is 15.0 Å². The van der Waals surface area contributed by atoms with Gasteiger partial charge in [0.15, 0.2) is 0 Å². The van der Waals surface area contributed by atoms with Crippen LogP contribution in [-0.4, -0.2) is 32.8 Å². The van der Waals surface area contributed by atoms with Crippen molar-refractivity contribution < 1.29 is 9.13 Å². The molecule has 0 amide bonds. The van der Waals surface area contributed by atoms with Crippen LogP contribution < -0.4 is 15.0 Å². The number of hydrogen-bond acceptors (Lipinski definition) is 3. The topological polar surface area (TPSA) is 24.5 Å². The molecule has 0 bridgehead atoms. The number of halogens is 1. The average molecular weight is 294 g/mol. The van der Waals surface area contributed by atoms with Crippen LogP contribution in [-0.2, 0) is 0 Å². The first kappa shape index (κ1) is 16.1. The highest BCUT2D eigenvalue weighted by atomic mass is 19.1. The highest BCUT2D eigenvalue weighted by molar-refractivity contribution is 5.58. The number of nitrogens with one attached hydrogen (secondary N) is 1. The van der Waals surface area contributed by atoms with Gasteiger partial charge in [0.2, 0.25) is 0 Å². The van der Waals surface area contributed by atoms with Crippen molar-refractivity contribution in [1.29, 1.82) is 0 Å². The number of benzene rings is 1. The Morgan fingerprint density at radius 3 is 3.00 bits per heavy atom. The van der Waals surface area contributed by atoms with E-state index in [9.17, 15) is 4.39 Å². The van der Waals surface area contributed by atoms with Gasteiger partial charge in [-0.1, -0.05) is 20.3 Å². The van der Waals surface area contributed by atoms with Gasteiger partial charge in [0.1, 0.15) is 11.6 Å². The van der Waals surface area contributed by atoms with Crippen molar-refractivity contribution in [1.82, 2.24) is 5.32 Å². The standard InChI is InChI=1S/C17H27FN2O/c1-3-5-14(2)13-21-17-7-6-15(18)12-16(17)20-10-4-8-19-9-11-20/h6-7,12,14,19H,3-5,8-11,13H2,1-2H3. The van der Waals surface area contributed by atoms with E-state index >= 15 is 0 Å². The molecule has 21 heavy (non-hydrogen) atoms. The number of nitrogens with zero attached hydrogens (tertiary/aromatic N) is 1. The maximum absolute atomic E-state index is 13.6. The molecule has 2 rings (SSSR count). The largest absolute Gasteiger partial charge is 0.491 e. The zero-order chi connectivity index (χ0) is 15.1. The molecule has 1 heterocycles. The lowest BCUT2D eigenvalue weighted by molar-refractivity contribution is 0.251. The van der Waals surface area contributed by atoms with E-state index < -0.39 is 0 Å². The Kier molecular flexibility index (Phi) is 6.30. The van der Waals surface area contributed by atoms with Crippen LogP contribution in [0.1, 0.15) is 33.1 Å². The van der Waals surface area contributed by atoms with Crippen LogP contribution in [0.15, 0.2) is 18.2 Å². The minimum absolute atomic E-state index is 0.198. The Bertz CT molecular complexity index is 431. The maximum Gasteiger partial charge on any atom is 0.142 e. The number of hydrogen-bond donors (Lipinski definition) is 1. The predicted molar refractivity (Wildman–Crippen MR) is 85.7 cm³/mol. The van der Waals surface area contributed by atoms with Gasteiger partial charge in [-0.25, -0.2) is 4.39 Å². The first-order valence-corrected chi connectivity index (χ1v) is 8.08. The third-order valence-corrected chi connectivity index (χ3v) is 3.91. The molecule has 1 unspecified atom stereocenters. The zero-order valence-electron chi connectivity index (χ0n) is 13.2. The Hall–Kier alpha value is -1.29. The maximum atomic E-state index is 13.6. The predicted octanol–water partition coefficient (Wildman–Crippen LogP) is 3.44. The van der Waals surface area contributed by atoms with E-state index in [0.29, 0.717) is 12.5 Å². The van der Waals surface area contributed by atoms with Crippen molar-refractivity contribution >= 4 is 5.69 Å². The molecule has 1 aromatic carbocycles. The van der Waals surface area contributed by atoms with Crippen LogP contribution in [0.25, 0.3) is 0 Å². The summed E-state index contributed by atoms with van der Waals surface area (Å²) in [6.07, 6.45) is 3.39. The van der Waals surface area contributed by atoms with Crippen molar-refractivity contribution in [3.05, 3.63) is 24.0 Å². The number of ether oxygens (including phenoxy) is 1. The lowest BCUT2D eigenvalue weighted by atomic mass is 10.1. The molecule has 1 aliphatic heterocycles. The van der Waals surface area contributed by atoms with E-state index in [4.69, 9.17) is 4.74 Å². The van der Waals surface area contributed by atoms with Crippen LogP contribution >= 0.6 is 0 Å². The molecule has 0 saturated carbocycles. The zero-order valence-corrected chi connectivity index (χ0v) is 13.2.